The Morgan fingerprint density at radius 2 is 1.38 bits per heavy atom. The summed E-state index contributed by atoms with van der Waals surface area (Å²) in [4.78, 5) is 0. The van der Waals surface area contributed by atoms with Crippen LogP contribution in [-0.2, 0) is 12.8 Å². The SMILES string of the molecule is CCCCCc1ccc(-c2ccc(CCC=CC3CCC(c4ccc(OC)c(F)c4F)CC3)cc2)cc1. The average molecular weight is 503 g/mol. The molecule has 0 bridgehead atoms. The molecule has 0 spiro atoms. The highest BCUT2D eigenvalue weighted by Crippen LogP contribution is 2.39. The molecule has 3 aromatic carbocycles. The van der Waals surface area contributed by atoms with E-state index in [-0.39, 0.29) is 11.7 Å². The predicted octanol–water partition coefficient (Wildman–Crippen LogP) is 9.84. The lowest BCUT2D eigenvalue weighted by Crippen LogP contribution is -2.13. The summed E-state index contributed by atoms with van der Waals surface area (Å²) >= 11 is 0. The summed E-state index contributed by atoms with van der Waals surface area (Å²) in [6.07, 6.45) is 15.5. The fraction of sp³-hybridized carbons (Fsp3) is 0.412. The van der Waals surface area contributed by atoms with Gasteiger partial charge in [-0.25, -0.2) is 4.39 Å². The maximum Gasteiger partial charge on any atom is 0.200 e. The van der Waals surface area contributed by atoms with Crippen LogP contribution in [0, 0.1) is 17.6 Å². The van der Waals surface area contributed by atoms with E-state index in [1.165, 1.54) is 61.1 Å². The zero-order valence-corrected chi connectivity index (χ0v) is 22.3. The van der Waals surface area contributed by atoms with Gasteiger partial charge in [0.05, 0.1) is 7.11 Å². The van der Waals surface area contributed by atoms with Crippen molar-refractivity contribution in [3.63, 3.8) is 0 Å². The van der Waals surface area contributed by atoms with E-state index in [1.807, 2.05) is 0 Å². The lowest BCUT2D eigenvalue weighted by molar-refractivity contribution is 0.349. The number of allylic oxidation sites excluding steroid dienone is 2. The third kappa shape index (κ3) is 7.31. The van der Waals surface area contributed by atoms with E-state index in [0.29, 0.717) is 11.5 Å². The molecule has 196 valence electrons. The van der Waals surface area contributed by atoms with Gasteiger partial charge in [0, 0.05) is 0 Å². The van der Waals surface area contributed by atoms with Crippen molar-refractivity contribution in [2.45, 2.75) is 77.0 Å². The molecule has 37 heavy (non-hydrogen) atoms. The van der Waals surface area contributed by atoms with Gasteiger partial charge in [0.15, 0.2) is 11.6 Å². The Balaban J connectivity index is 1.21. The second-order valence-corrected chi connectivity index (χ2v) is 10.4. The molecule has 0 unspecified atom stereocenters. The van der Waals surface area contributed by atoms with Crippen molar-refractivity contribution in [1.82, 2.24) is 0 Å². The van der Waals surface area contributed by atoms with E-state index in [9.17, 15) is 8.78 Å². The molecule has 0 amide bonds. The van der Waals surface area contributed by atoms with Gasteiger partial charge in [-0.3, -0.25) is 0 Å². The van der Waals surface area contributed by atoms with Gasteiger partial charge >= 0.3 is 0 Å². The number of hydrogen-bond donors (Lipinski definition) is 0. The molecule has 0 atom stereocenters. The third-order valence-electron chi connectivity index (χ3n) is 7.83. The van der Waals surface area contributed by atoms with Crippen molar-refractivity contribution in [2.24, 2.45) is 5.92 Å². The molecule has 1 fully saturated rings. The number of halogens is 2. The Kier molecular flexibility index (Phi) is 9.93. The minimum Gasteiger partial charge on any atom is -0.494 e. The Labute approximate surface area is 221 Å². The van der Waals surface area contributed by atoms with Crippen LogP contribution in [0.25, 0.3) is 11.1 Å². The smallest absolute Gasteiger partial charge is 0.200 e. The molecule has 0 aliphatic heterocycles. The lowest BCUT2D eigenvalue weighted by Gasteiger charge is -2.27. The molecule has 1 aliphatic carbocycles. The van der Waals surface area contributed by atoms with Crippen LogP contribution in [0.3, 0.4) is 0 Å². The molecule has 4 rings (SSSR count). The van der Waals surface area contributed by atoms with Crippen LogP contribution < -0.4 is 4.74 Å². The lowest BCUT2D eigenvalue weighted by atomic mass is 9.78. The molecule has 0 aromatic heterocycles. The number of unbranched alkanes of at least 4 members (excludes halogenated alkanes) is 2. The maximum absolute atomic E-state index is 14.5. The summed E-state index contributed by atoms with van der Waals surface area (Å²) in [7, 11) is 1.36. The van der Waals surface area contributed by atoms with Crippen LogP contribution in [0.5, 0.6) is 5.75 Å². The maximum atomic E-state index is 14.5. The number of rotatable bonds is 11. The summed E-state index contributed by atoms with van der Waals surface area (Å²) in [6.45, 7) is 2.24. The van der Waals surface area contributed by atoms with Crippen LogP contribution in [0.15, 0.2) is 72.8 Å². The fourth-order valence-electron chi connectivity index (χ4n) is 5.49. The van der Waals surface area contributed by atoms with Gasteiger partial charge in [-0.2, -0.15) is 4.39 Å². The van der Waals surface area contributed by atoms with E-state index in [1.54, 1.807) is 6.07 Å². The molecule has 0 heterocycles. The highest BCUT2D eigenvalue weighted by Gasteiger charge is 2.25. The standard InChI is InChI=1S/C34H40F2O/c1-3-4-5-8-25-11-17-28(18-12-25)29-19-13-26(14-20-29)9-6-7-10-27-15-21-30(22-16-27)31-23-24-32(37-2)34(36)33(31)35/h7,10-14,17-20,23-24,27,30H,3-6,8-9,15-16,21-22H2,1-2H3. The van der Waals surface area contributed by atoms with E-state index in [2.05, 4.69) is 67.6 Å². The van der Waals surface area contributed by atoms with Crippen LogP contribution >= 0.6 is 0 Å². The fourth-order valence-corrected chi connectivity index (χ4v) is 5.49. The molecule has 0 radical (unpaired) electrons. The summed E-state index contributed by atoms with van der Waals surface area (Å²) < 4.78 is 33.5. The second kappa shape index (κ2) is 13.6. The van der Waals surface area contributed by atoms with E-state index in [4.69, 9.17) is 4.74 Å². The van der Waals surface area contributed by atoms with Gasteiger partial charge in [0.2, 0.25) is 5.82 Å². The summed E-state index contributed by atoms with van der Waals surface area (Å²) in [5, 5.41) is 0. The Morgan fingerprint density at radius 1 is 0.757 bits per heavy atom. The first-order valence-corrected chi connectivity index (χ1v) is 14.0. The van der Waals surface area contributed by atoms with Gasteiger partial charge in [0.25, 0.3) is 0 Å². The van der Waals surface area contributed by atoms with Crippen LogP contribution in [0.2, 0.25) is 0 Å². The first kappa shape index (κ1) is 27.1. The predicted molar refractivity (Wildman–Crippen MR) is 150 cm³/mol. The summed E-state index contributed by atoms with van der Waals surface area (Å²) in [6, 6.07) is 21.2. The van der Waals surface area contributed by atoms with Crippen molar-refractivity contribution < 1.29 is 13.5 Å². The van der Waals surface area contributed by atoms with Crippen molar-refractivity contribution >= 4 is 0 Å². The van der Waals surface area contributed by atoms with Crippen molar-refractivity contribution in [3.05, 3.63) is 101 Å². The zero-order chi connectivity index (χ0) is 26.0. The molecular weight excluding hydrogens is 462 g/mol. The number of methoxy groups -OCH3 is 1. The zero-order valence-electron chi connectivity index (χ0n) is 22.3. The van der Waals surface area contributed by atoms with Gasteiger partial charge in [-0.1, -0.05) is 86.5 Å². The number of ether oxygens (including phenoxy) is 1. The first-order valence-electron chi connectivity index (χ1n) is 14.0. The molecule has 1 saturated carbocycles. The largest absolute Gasteiger partial charge is 0.494 e. The van der Waals surface area contributed by atoms with Gasteiger partial charge in [-0.05, 0) is 97.1 Å². The highest BCUT2D eigenvalue weighted by atomic mass is 19.2. The van der Waals surface area contributed by atoms with Gasteiger partial charge < -0.3 is 4.74 Å². The number of benzene rings is 3. The minimum atomic E-state index is -0.870. The molecule has 3 heteroatoms. The minimum absolute atomic E-state index is 0.0284. The van der Waals surface area contributed by atoms with Crippen LogP contribution in [0.1, 0.15) is 80.9 Å². The third-order valence-corrected chi connectivity index (χ3v) is 7.83. The van der Waals surface area contributed by atoms with Gasteiger partial charge in [-0.15, -0.1) is 0 Å². The number of aryl methyl sites for hydroxylation is 2. The number of hydrogen-bond acceptors (Lipinski definition) is 1. The normalized spacial score (nSPS) is 17.8. The van der Waals surface area contributed by atoms with E-state index >= 15 is 0 Å². The molecule has 0 N–H and O–H groups in total. The molecule has 1 nitrogen and oxygen atoms in total. The molecular formula is C34H40F2O. The Hall–Kier alpha value is -2.94. The van der Waals surface area contributed by atoms with Crippen molar-refractivity contribution in [2.75, 3.05) is 7.11 Å². The average Bonchev–Trinajstić information content (AvgIpc) is 2.94. The van der Waals surface area contributed by atoms with E-state index < -0.39 is 11.6 Å². The van der Waals surface area contributed by atoms with Crippen LogP contribution in [-0.4, -0.2) is 7.11 Å². The second-order valence-electron chi connectivity index (χ2n) is 10.4. The molecule has 0 saturated heterocycles. The Morgan fingerprint density at radius 3 is 1.97 bits per heavy atom. The molecule has 3 aromatic rings. The van der Waals surface area contributed by atoms with Crippen molar-refractivity contribution in [3.8, 4) is 16.9 Å². The monoisotopic (exact) mass is 502 g/mol. The van der Waals surface area contributed by atoms with Crippen molar-refractivity contribution in [1.29, 1.82) is 0 Å². The quantitative estimate of drug-likeness (QED) is 0.187. The Bertz CT molecular complexity index is 1140. The van der Waals surface area contributed by atoms with Gasteiger partial charge in [0.1, 0.15) is 0 Å². The topological polar surface area (TPSA) is 9.23 Å². The first-order chi connectivity index (χ1) is 18.1. The highest BCUT2D eigenvalue weighted by molar-refractivity contribution is 5.64. The summed E-state index contributed by atoms with van der Waals surface area (Å²) in [5.41, 5.74) is 5.82. The van der Waals surface area contributed by atoms with Crippen LogP contribution in [0.4, 0.5) is 8.78 Å². The van der Waals surface area contributed by atoms with E-state index in [0.717, 1.165) is 38.5 Å². The summed E-state index contributed by atoms with van der Waals surface area (Å²) in [5.74, 6) is -1.04. The molecule has 1 aliphatic rings.